The van der Waals surface area contributed by atoms with Gasteiger partial charge in [-0.3, -0.25) is 10.2 Å². The number of nitrogens with zero attached hydrogens (tertiary/aromatic N) is 2. The highest BCUT2D eigenvalue weighted by Gasteiger charge is 2.50. The molecule has 2 aliphatic heterocycles. The van der Waals surface area contributed by atoms with Crippen LogP contribution < -0.4 is 10.6 Å². The maximum Gasteiger partial charge on any atom is 0.313 e. The molecule has 0 aliphatic carbocycles. The molecule has 1 spiro atoms. The molecule has 2 aromatic rings. The zero-order chi connectivity index (χ0) is 20.6. The standard InChI is InChI=1S/C20H20F2N4O3/c21-15-4-13(6-25-19(15)26-8-20(9-26)10-28-11-20)14-3-1-2-12(18(14)22)7-29-17(27)5-16(23)24/h1-4,6H,5,7-11H2,(H3,23,24). The van der Waals surface area contributed by atoms with Gasteiger partial charge in [0.1, 0.15) is 24.7 Å². The number of amidine groups is 1. The van der Waals surface area contributed by atoms with Crippen molar-refractivity contribution in [3.63, 3.8) is 0 Å². The SMILES string of the molecule is N=C(N)CC(=O)OCc1cccc(-c2cnc(N3CC4(COC4)C3)c(F)c2)c1F. The molecule has 1 aromatic heterocycles. The summed E-state index contributed by atoms with van der Waals surface area (Å²) in [7, 11) is 0. The van der Waals surface area contributed by atoms with E-state index in [1.54, 1.807) is 6.07 Å². The molecule has 152 valence electrons. The number of esters is 1. The first-order valence-corrected chi connectivity index (χ1v) is 9.11. The van der Waals surface area contributed by atoms with E-state index in [1.165, 1.54) is 24.4 Å². The lowest BCUT2D eigenvalue weighted by Gasteiger charge is -2.55. The van der Waals surface area contributed by atoms with Crippen molar-refractivity contribution >= 4 is 17.6 Å². The summed E-state index contributed by atoms with van der Waals surface area (Å²) in [6.07, 6.45) is 1.08. The van der Waals surface area contributed by atoms with E-state index in [1.807, 2.05) is 4.90 Å². The normalized spacial score (nSPS) is 16.8. The van der Waals surface area contributed by atoms with Crippen molar-refractivity contribution in [2.75, 3.05) is 31.2 Å². The molecule has 2 saturated heterocycles. The van der Waals surface area contributed by atoms with E-state index in [2.05, 4.69) is 4.98 Å². The van der Waals surface area contributed by atoms with Crippen LogP contribution in [0, 0.1) is 22.5 Å². The molecule has 0 amide bonds. The molecule has 0 saturated carbocycles. The second kappa shape index (κ2) is 7.40. The predicted molar refractivity (Wildman–Crippen MR) is 101 cm³/mol. The van der Waals surface area contributed by atoms with Gasteiger partial charge in [0, 0.05) is 36.0 Å². The number of hydrogen-bond acceptors (Lipinski definition) is 6. The van der Waals surface area contributed by atoms with E-state index >= 15 is 0 Å². The molecule has 2 aliphatic rings. The lowest BCUT2D eigenvalue weighted by Crippen LogP contribution is -2.66. The Hall–Kier alpha value is -3.07. The minimum absolute atomic E-state index is 0.132. The number of nitrogens with one attached hydrogen (secondary N) is 1. The Labute approximate surface area is 165 Å². The summed E-state index contributed by atoms with van der Waals surface area (Å²) in [5, 5.41) is 7.07. The zero-order valence-corrected chi connectivity index (χ0v) is 15.6. The van der Waals surface area contributed by atoms with Crippen LogP contribution in [0.4, 0.5) is 14.6 Å². The first kappa shape index (κ1) is 19.3. The summed E-state index contributed by atoms with van der Waals surface area (Å²) in [5.41, 5.74) is 5.86. The molecule has 0 radical (unpaired) electrons. The van der Waals surface area contributed by atoms with Crippen LogP contribution in [0.3, 0.4) is 0 Å². The molecular weight excluding hydrogens is 382 g/mol. The molecule has 3 heterocycles. The van der Waals surface area contributed by atoms with Gasteiger partial charge >= 0.3 is 5.97 Å². The van der Waals surface area contributed by atoms with Crippen molar-refractivity contribution in [1.82, 2.24) is 4.98 Å². The van der Waals surface area contributed by atoms with E-state index < -0.39 is 17.6 Å². The molecule has 3 N–H and O–H groups in total. The number of hydrogen-bond donors (Lipinski definition) is 2. The summed E-state index contributed by atoms with van der Waals surface area (Å²) in [4.78, 5) is 17.6. The number of halogens is 2. The van der Waals surface area contributed by atoms with Crippen LogP contribution in [0.5, 0.6) is 0 Å². The lowest BCUT2D eigenvalue weighted by molar-refractivity contribution is -0.143. The Bertz CT molecular complexity index is 970. The Balaban J connectivity index is 1.49. The van der Waals surface area contributed by atoms with E-state index in [-0.39, 0.29) is 41.2 Å². The molecule has 0 bridgehead atoms. The fraction of sp³-hybridized carbons (Fsp3) is 0.350. The van der Waals surface area contributed by atoms with Gasteiger partial charge in [-0.25, -0.2) is 13.8 Å². The molecule has 0 unspecified atom stereocenters. The van der Waals surface area contributed by atoms with Crippen LogP contribution in [-0.2, 0) is 20.9 Å². The zero-order valence-electron chi connectivity index (χ0n) is 15.6. The Morgan fingerprint density at radius 3 is 2.72 bits per heavy atom. The van der Waals surface area contributed by atoms with E-state index in [9.17, 15) is 13.6 Å². The van der Waals surface area contributed by atoms with Gasteiger partial charge in [-0.05, 0) is 6.07 Å². The van der Waals surface area contributed by atoms with E-state index in [4.69, 9.17) is 20.6 Å². The maximum atomic E-state index is 14.9. The summed E-state index contributed by atoms with van der Waals surface area (Å²) in [6, 6.07) is 5.83. The van der Waals surface area contributed by atoms with Crippen molar-refractivity contribution < 1.29 is 23.0 Å². The first-order chi connectivity index (χ1) is 13.9. The monoisotopic (exact) mass is 402 g/mol. The van der Waals surface area contributed by atoms with Crippen molar-refractivity contribution in [3.8, 4) is 11.1 Å². The molecule has 0 atom stereocenters. The quantitative estimate of drug-likeness (QED) is 0.437. The van der Waals surface area contributed by atoms with Gasteiger partial charge < -0.3 is 20.1 Å². The Morgan fingerprint density at radius 1 is 1.34 bits per heavy atom. The third-order valence-electron chi connectivity index (χ3n) is 5.10. The third kappa shape index (κ3) is 3.77. The first-order valence-electron chi connectivity index (χ1n) is 9.11. The summed E-state index contributed by atoms with van der Waals surface area (Å²) >= 11 is 0. The van der Waals surface area contributed by atoms with Gasteiger partial charge in [0.05, 0.1) is 18.6 Å². The van der Waals surface area contributed by atoms with Crippen LogP contribution in [0.25, 0.3) is 11.1 Å². The maximum absolute atomic E-state index is 14.9. The highest BCUT2D eigenvalue weighted by Crippen LogP contribution is 2.40. The van der Waals surface area contributed by atoms with E-state index in [0.29, 0.717) is 31.9 Å². The lowest BCUT2D eigenvalue weighted by atomic mass is 9.78. The van der Waals surface area contributed by atoms with Crippen LogP contribution in [0.15, 0.2) is 30.5 Å². The fourth-order valence-electron chi connectivity index (χ4n) is 3.58. The number of ether oxygens (including phenoxy) is 2. The number of pyridine rings is 1. The number of carbonyl (C=O) groups is 1. The summed E-state index contributed by atoms with van der Waals surface area (Å²) < 4.78 is 39.6. The smallest absolute Gasteiger partial charge is 0.313 e. The number of rotatable bonds is 6. The minimum atomic E-state index is -0.719. The highest BCUT2D eigenvalue weighted by molar-refractivity contribution is 5.94. The molecule has 7 nitrogen and oxygen atoms in total. The van der Waals surface area contributed by atoms with Gasteiger partial charge in [0.25, 0.3) is 0 Å². The summed E-state index contributed by atoms with van der Waals surface area (Å²) in [5.74, 6) is -1.93. The molecule has 1 aromatic carbocycles. The largest absolute Gasteiger partial charge is 0.460 e. The number of carbonyl (C=O) groups excluding carboxylic acids is 1. The molecule has 2 fully saturated rings. The minimum Gasteiger partial charge on any atom is -0.460 e. The average Bonchev–Trinajstić information content (AvgIpc) is 2.59. The predicted octanol–water partition coefficient (Wildman–Crippen LogP) is 2.23. The number of nitrogens with two attached hydrogens (primary N) is 1. The van der Waals surface area contributed by atoms with Crippen LogP contribution >= 0.6 is 0 Å². The average molecular weight is 402 g/mol. The topological polar surface area (TPSA) is 102 Å². The van der Waals surface area contributed by atoms with Crippen LogP contribution in [0.2, 0.25) is 0 Å². The number of benzene rings is 1. The number of aromatic nitrogens is 1. The van der Waals surface area contributed by atoms with Gasteiger partial charge in [-0.15, -0.1) is 0 Å². The molecule has 29 heavy (non-hydrogen) atoms. The number of anilines is 1. The van der Waals surface area contributed by atoms with E-state index in [0.717, 1.165) is 0 Å². The Morgan fingerprint density at radius 2 is 2.10 bits per heavy atom. The van der Waals surface area contributed by atoms with Crippen molar-refractivity contribution in [2.45, 2.75) is 13.0 Å². The van der Waals surface area contributed by atoms with Crippen molar-refractivity contribution in [1.29, 1.82) is 5.41 Å². The van der Waals surface area contributed by atoms with Gasteiger partial charge in [-0.1, -0.05) is 18.2 Å². The van der Waals surface area contributed by atoms with Crippen molar-refractivity contribution in [3.05, 3.63) is 47.7 Å². The van der Waals surface area contributed by atoms with Crippen LogP contribution in [-0.4, -0.2) is 43.1 Å². The molecule has 4 rings (SSSR count). The Kier molecular flexibility index (Phi) is 4.91. The third-order valence-corrected chi connectivity index (χ3v) is 5.10. The van der Waals surface area contributed by atoms with Gasteiger partial charge in [0.15, 0.2) is 11.6 Å². The van der Waals surface area contributed by atoms with Crippen molar-refractivity contribution in [2.24, 2.45) is 11.1 Å². The molecular formula is C20H20F2N4O3. The van der Waals surface area contributed by atoms with Gasteiger partial charge in [-0.2, -0.15) is 0 Å². The fourth-order valence-corrected chi connectivity index (χ4v) is 3.58. The summed E-state index contributed by atoms with van der Waals surface area (Å²) in [6.45, 7) is 2.48. The molecule has 9 heteroatoms. The highest BCUT2D eigenvalue weighted by atomic mass is 19.1. The van der Waals surface area contributed by atoms with Gasteiger partial charge in [0.2, 0.25) is 0 Å². The van der Waals surface area contributed by atoms with Crippen LogP contribution in [0.1, 0.15) is 12.0 Å². The second-order valence-electron chi connectivity index (χ2n) is 7.52. The second-order valence-corrected chi connectivity index (χ2v) is 7.52.